The first-order chi connectivity index (χ1) is 9.83. The van der Waals surface area contributed by atoms with Crippen LogP contribution in [0.3, 0.4) is 0 Å². The first-order valence-electron chi connectivity index (χ1n) is 6.30. The standard InChI is InChI=1S/C13H20N2O5S/c1-5-21(17,18)15(2)9-13(16)14-11-8-10(19-3)6-7-12(11)20-4/h6-8H,5,9H2,1-4H3,(H,14,16). The number of sulfonamides is 1. The SMILES string of the molecule is CCS(=O)(=O)N(C)CC(=O)Nc1cc(OC)ccc1OC. The minimum atomic E-state index is -3.40. The Kier molecular flexibility index (Phi) is 5.98. The van der Waals surface area contributed by atoms with Crippen molar-refractivity contribution in [3.05, 3.63) is 18.2 Å². The van der Waals surface area contributed by atoms with E-state index < -0.39 is 15.9 Å². The van der Waals surface area contributed by atoms with Gasteiger partial charge in [-0.2, -0.15) is 4.31 Å². The molecule has 0 aliphatic carbocycles. The number of nitrogens with zero attached hydrogens (tertiary/aromatic N) is 1. The maximum absolute atomic E-state index is 11.9. The van der Waals surface area contributed by atoms with E-state index in [1.807, 2.05) is 0 Å². The molecule has 0 saturated heterocycles. The second kappa shape index (κ2) is 7.28. The molecule has 0 aliphatic rings. The summed E-state index contributed by atoms with van der Waals surface area (Å²) in [4.78, 5) is 11.9. The number of ether oxygens (including phenoxy) is 2. The third-order valence-corrected chi connectivity index (χ3v) is 4.70. The summed E-state index contributed by atoms with van der Waals surface area (Å²) in [5, 5.41) is 2.61. The average Bonchev–Trinajstić information content (AvgIpc) is 2.46. The molecule has 118 valence electrons. The molecule has 0 fully saturated rings. The number of carbonyl (C=O) groups is 1. The quantitative estimate of drug-likeness (QED) is 0.808. The number of likely N-dealkylation sites (N-methyl/N-ethyl adjacent to an activating group) is 1. The highest BCUT2D eigenvalue weighted by Gasteiger charge is 2.19. The fraction of sp³-hybridized carbons (Fsp3) is 0.462. The van der Waals surface area contributed by atoms with Gasteiger partial charge in [-0.05, 0) is 19.1 Å². The molecule has 0 atom stereocenters. The first-order valence-corrected chi connectivity index (χ1v) is 7.90. The minimum absolute atomic E-state index is 0.0563. The molecule has 1 aromatic rings. The molecule has 0 aliphatic heterocycles. The lowest BCUT2D eigenvalue weighted by Crippen LogP contribution is -2.35. The Bertz CT molecular complexity index is 601. The molecule has 1 rings (SSSR count). The number of amides is 1. The van der Waals surface area contributed by atoms with Crippen LogP contribution in [-0.2, 0) is 14.8 Å². The maximum Gasteiger partial charge on any atom is 0.239 e. The Labute approximate surface area is 124 Å². The zero-order valence-electron chi connectivity index (χ0n) is 12.5. The number of hydrogen-bond acceptors (Lipinski definition) is 5. The molecule has 0 heterocycles. The fourth-order valence-electron chi connectivity index (χ4n) is 1.62. The lowest BCUT2D eigenvalue weighted by molar-refractivity contribution is -0.116. The zero-order chi connectivity index (χ0) is 16.0. The molecule has 1 amide bonds. The van der Waals surface area contributed by atoms with Crippen LogP contribution < -0.4 is 14.8 Å². The second-order valence-electron chi connectivity index (χ2n) is 4.27. The van der Waals surface area contributed by atoms with Crippen molar-refractivity contribution >= 4 is 21.6 Å². The van der Waals surface area contributed by atoms with Gasteiger partial charge < -0.3 is 14.8 Å². The van der Waals surface area contributed by atoms with E-state index in [2.05, 4.69) is 5.32 Å². The van der Waals surface area contributed by atoms with Crippen molar-refractivity contribution < 1.29 is 22.7 Å². The van der Waals surface area contributed by atoms with Gasteiger partial charge in [-0.15, -0.1) is 0 Å². The number of rotatable bonds is 7. The Morgan fingerprint density at radius 3 is 2.48 bits per heavy atom. The smallest absolute Gasteiger partial charge is 0.239 e. The van der Waals surface area contributed by atoms with Crippen LogP contribution in [0.1, 0.15) is 6.92 Å². The van der Waals surface area contributed by atoms with E-state index in [9.17, 15) is 13.2 Å². The molecule has 0 saturated carbocycles. The van der Waals surface area contributed by atoms with Gasteiger partial charge in [0, 0.05) is 13.1 Å². The molecular weight excluding hydrogens is 296 g/mol. The number of hydrogen-bond donors (Lipinski definition) is 1. The molecular formula is C13H20N2O5S. The van der Waals surface area contributed by atoms with Crippen LogP contribution in [0.15, 0.2) is 18.2 Å². The van der Waals surface area contributed by atoms with E-state index >= 15 is 0 Å². The molecule has 0 spiro atoms. The molecule has 0 aromatic heterocycles. The largest absolute Gasteiger partial charge is 0.497 e. The zero-order valence-corrected chi connectivity index (χ0v) is 13.4. The predicted octanol–water partition coefficient (Wildman–Crippen LogP) is 0.924. The van der Waals surface area contributed by atoms with E-state index in [0.29, 0.717) is 17.2 Å². The number of carbonyl (C=O) groups excluding carboxylic acids is 1. The van der Waals surface area contributed by atoms with Crippen molar-refractivity contribution in [1.82, 2.24) is 4.31 Å². The van der Waals surface area contributed by atoms with E-state index in [-0.39, 0.29) is 12.3 Å². The van der Waals surface area contributed by atoms with Crippen LogP contribution in [0, 0.1) is 0 Å². The predicted molar refractivity (Wildman–Crippen MR) is 80.3 cm³/mol. The summed E-state index contributed by atoms with van der Waals surface area (Å²) in [5.74, 6) is 0.506. The highest BCUT2D eigenvalue weighted by atomic mass is 32.2. The third-order valence-electron chi connectivity index (χ3n) is 2.89. The van der Waals surface area contributed by atoms with Crippen LogP contribution >= 0.6 is 0 Å². The third kappa shape index (κ3) is 4.61. The van der Waals surface area contributed by atoms with Gasteiger partial charge in [0.25, 0.3) is 0 Å². The molecule has 1 aromatic carbocycles. The topological polar surface area (TPSA) is 84.9 Å². The lowest BCUT2D eigenvalue weighted by Gasteiger charge is -2.16. The van der Waals surface area contributed by atoms with Crippen molar-refractivity contribution in [2.45, 2.75) is 6.92 Å². The highest BCUT2D eigenvalue weighted by molar-refractivity contribution is 7.89. The maximum atomic E-state index is 11.9. The van der Waals surface area contributed by atoms with Crippen LogP contribution in [0.25, 0.3) is 0 Å². The lowest BCUT2D eigenvalue weighted by atomic mass is 10.2. The highest BCUT2D eigenvalue weighted by Crippen LogP contribution is 2.28. The van der Waals surface area contributed by atoms with Gasteiger partial charge in [0.1, 0.15) is 11.5 Å². The summed E-state index contributed by atoms with van der Waals surface area (Å²) < 4.78 is 34.4. The van der Waals surface area contributed by atoms with E-state index in [1.54, 1.807) is 18.2 Å². The second-order valence-corrected chi connectivity index (χ2v) is 6.64. The van der Waals surface area contributed by atoms with Crippen LogP contribution in [0.5, 0.6) is 11.5 Å². The fourth-order valence-corrected chi connectivity index (χ4v) is 2.38. The first kappa shape index (κ1) is 17.3. The molecule has 21 heavy (non-hydrogen) atoms. The number of benzene rings is 1. The Morgan fingerprint density at radius 2 is 1.95 bits per heavy atom. The number of anilines is 1. The van der Waals surface area contributed by atoms with E-state index in [4.69, 9.17) is 9.47 Å². The molecule has 8 heteroatoms. The minimum Gasteiger partial charge on any atom is -0.497 e. The Morgan fingerprint density at radius 1 is 1.29 bits per heavy atom. The van der Waals surface area contributed by atoms with Crippen molar-refractivity contribution in [1.29, 1.82) is 0 Å². The summed E-state index contributed by atoms with van der Waals surface area (Å²) in [6.07, 6.45) is 0. The van der Waals surface area contributed by atoms with Gasteiger partial charge in [-0.3, -0.25) is 4.79 Å². The Balaban J connectivity index is 2.83. The van der Waals surface area contributed by atoms with Gasteiger partial charge in [0.15, 0.2) is 0 Å². The van der Waals surface area contributed by atoms with Gasteiger partial charge >= 0.3 is 0 Å². The van der Waals surface area contributed by atoms with Gasteiger partial charge in [-0.1, -0.05) is 0 Å². The normalized spacial score (nSPS) is 11.3. The number of nitrogens with one attached hydrogen (secondary N) is 1. The van der Waals surface area contributed by atoms with E-state index in [1.165, 1.54) is 28.2 Å². The summed E-state index contributed by atoms with van der Waals surface area (Å²) in [5.41, 5.74) is 0.421. The van der Waals surface area contributed by atoms with Crippen molar-refractivity contribution in [2.24, 2.45) is 0 Å². The van der Waals surface area contributed by atoms with Crippen LogP contribution in [0.4, 0.5) is 5.69 Å². The van der Waals surface area contributed by atoms with Crippen molar-refractivity contribution in [3.63, 3.8) is 0 Å². The average molecular weight is 316 g/mol. The summed E-state index contributed by atoms with van der Waals surface area (Å²) in [6.45, 7) is 1.26. The van der Waals surface area contributed by atoms with Gasteiger partial charge in [0.2, 0.25) is 15.9 Å². The van der Waals surface area contributed by atoms with Gasteiger partial charge in [0.05, 0.1) is 32.2 Å². The van der Waals surface area contributed by atoms with Gasteiger partial charge in [-0.25, -0.2) is 8.42 Å². The number of methoxy groups -OCH3 is 2. The molecule has 1 N–H and O–H groups in total. The monoisotopic (exact) mass is 316 g/mol. The summed E-state index contributed by atoms with van der Waals surface area (Å²) in [6, 6.07) is 4.95. The summed E-state index contributed by atoms with van der Waals surface area (Å²) in [7, 11) is 0.951. The van der Waals surface area contributed by atoms with Crippen molar-refractivity contribution in [2.75, 3.05) is 38.9 Å². The molecule has 7 nitrogen and oxygen atoms in total. The summed E-state index contributed by atoms with van der Waals surface area (Å²) >= 11 is 0. The molecule has 0 unspecified atom stereocenters. The van der Waals surface area contributed by atoms with Crippen LogP contribution in [0.2, 0.25) is 0 Å². The van der Waals surface area contributed by atoms with Crippen LogP contribution in [-0.4, -0.2) is 52.2 Å². The Hall–Kier alpha value is -1.80. The van der Waals surface area contributed by atoms with E-state index in [0.717, 1.165) is 4.31 Å². The van der Waals surface area contributed by atoms with Crippen molar-refractivity contribution in [3.8, 4) is 11.5 Å². The molecule has 0 radical (unpaired) electrons. The molecule has 0 bridgehead atoms.